The van der Waals surface area contributed by atoms with Crippen molar-refractivity contribution in [3.05, 3.63) is 114 Å². The number of benzene rings is 2. The molecule has 2 aliphatic rings. The molecule has 0 aliphatic carbocycles. The van der Waals surface area contributed by atoms with E-state index in [1.54, 1.807) is 29.7 Å². The zero-order valence-corrected chi connectivity index (χ0v) is 23.8. The summed E-state index contributed by atoms with van der Waals surface area (Å²) in [6.07, 6.45) is 4.04. The van der Waals surface area contributed by atoms with Gasteiger partial charge in [0.15, 0.2) is 10.7 Å². The standard InChI is InChI=1S/C31H29ClN4O3S/c1-19-14-16-35(17-15-19)26-13-12-24(39-26)18-25-30(38)36-28(21-8-10-22(32)11-9-21)27(20(2)33-31(36)40-25)29(37)34-23-6-4-3-5-7-23/h3-13,18-19,28H,14-17H2,1-2H3,(H,34,37)/b25-18+/t28-/m0/s1. The SMILES string of the molecule is CC1=C(C(=O)Nc2ccccc2)[C@H](c2ccc(Cl)cc2)n2c(s/c(=C/c3ccc(N4CCC(C)CC4)o3)c2=O)=N1. The third kappa shape index (κ3) is 5.17. The summed E-state index contributed by atoms with van der Waals surface area (Å²) < 4.78 is 8.22. The first-order valence-corrected chi connectivity index (χ1v) is 14.6. The summed E-state index contributed by atoms with van der Waals surface area (Å²) in [6.45, 7) is 6.01. The van der Waals surface area contributed by atoms with Crippen LogP contribution in [0.15, 0.2) is 92.2 Å². The highest BCUT2D eigenvalue weighted by Gasteiger charge is 2.32. The summed E-state index contributed by atoms with van der Waals surface area (Å²) in [5.74, 6) is 1.84. The molecule has 204 valence electrons. The number of carbonyl (C=O) groups is 1. The predicted molar refractivity (Wildman–Crippen MR) is 160 cm³/mol. The molecule has 9 heteroatoms. The van der Waals surface area contributed by atoms with Crippen molar-refractivity contribution in [2.75, 3.05) is 23.3 Å². The summed E-state index contributed by atoms with van der Waals surface area (Å²) in [4.78, 5) is 35.0. The fourth-order valence-corrected chi connectivity index (χ4v) is 6.39. The van der Waals surface area contributed by atoms with Gasteiger partial charge in [-0.1, -0.05) is 60.2 Å². The summed E-state index contributed by atoms with van der Waals surface area (Å²) in [5, 5.41) is 3.54. The molecule has 4 heterocycles. The Kier molecular flexibility index (Phi) is 7.21. The van der Waals surface area contributed by atoms with Gasteiger partial charge in [-0.2, -0.15) is 0 Å². The summed E-state index contributed by atoms with van der Waals surface area (Å²) in [5.41, 5.74) is 2.16. The van der Waals surface area contributed by atoms with E-state index in [1.165, 1.54) is 11.3 Å². The van der Waals surface area contributed by atoms with Gasteiger partial charge in [0.2, 0.25) is 0 Å². The minimum Gasteiger partial charge on any atom is -0.441 e. The van der Waals surface area contributed by atoms with Crippen molar-refractivity contribution in [1.29, 1.82) is 0 Å². The number of fused-ring (bicyclic) bond motifs is 1. The Morgan fingerprint density at radius 2 is 1.80 bits per heavy atom. The number of halogens is 1. The molecule has 0 radical (unpaired) electrons. The number of piperidine rings is 1. The zero-order valence-electron chi connectivity index (χ0n) is 22.3. The molecule has 1 N–H and O–H groups in total. The normalized spacial score (nSPS) is 18.0. The number of furan rings is 1. The largest absolute Gasteiger partial charge is 0.441 e. The van der Waals surface area contributed by atoms with Gasteiger partial charge in [-0.05, 0) is 61.6 Å². The number of allylic oxidation sites excluding steroid dienone is 1. The first-order valence-electron chi connectivity index (χ1n) is 13.4. The van der Waals surface area contributed by atoms with Crippen LogP contribution in [0.25, 0.3) is 6.08 Å². The average Bonchev–Trinajstić information content (AvgIpc) is 3.53. The first kappa shape index (κ1) is 26.3. The Morgan fingerprint density at radius 1 is 1.07 bits per heavy atom. The molecular formula is C31H29ClN4O3S. The van der Waals surface area contributed by atoms with Gasteiger partial charge in [0, 0.05) is 35.9 Å². The molecular weight excluding hydrogens is 544 g/mol. The second-order valence-corrected chi connectivity index (χ2v) is 11.7. The van der Waals surface area contributed by atoms with E-state index in [4.69, 9.17) is 21.0 Å². The van der Waals surface area contributed by atoms with Gasteiger partial charge in [0.25, 0.3) is 11.5 Å². The minimum absolute atomic E-state index is 0.231. The van der Waals surface area contributed by atoms with Gasteiger partial charge in [0.1, 0.15) is 5.76 Å². The molecule has 2 aromatic heterocycles. The summed E-state index contributed by atoms with van der Waals surface area (Å²) in [6, 6.07) is 19.7. The number of rotatable bonds is 5. The van der Waals surface area contributed by atoms with E-state index in [9.17, 15) is 9.59 Å². The summed E-state index contributed by atoms with van der Waals surface area (Å²) >= 11 is 7.47. The first-order chi connectivity index (χ1) is 19.4. The molecule has 1 saturated heterocycles. The quantitative estimate of drug-likeness (QED) is 0.349. The Hall–Kier alpha value is -3.88. The van der Waals surface area contributed by atoms with Crippen LogP contribution in [-0.4, -0.2) is 23.6 Å². The number of aromatic nitrogens is 1. The number of nitrogens with zero attached hydrogens (tertiary/aromatic N) is 3. The number of para-hydroxylation sites is 1. The third-order valence-electron chi connectivity index (χ3n) is 7.46. The van der Waals surface area contributed by atoms with Crippen molar-refractivity contribution >= 4 is 46.5 Å². The highest BCUT2D eigenvalue weighted by molar-refractivity contribution is 7.07. The third-order valence-corrected chi connectivity index (χ3v) is 8.70. The van der Waals surface area contributed by atoms with Crippen molar-refractivity contribution in [2.24, 2.45) is 10.9 Å². The lowest BCUT2D eigenvalue weighted by atomic mass is 9.95. The van der Waals surface area contributed by atoms with E-state index < -0.39 is 6.04 Å². The Labute approximate surface area is 240 Å². The molecule has 40 heavy (non-hydrogen) atoms. The monoisotopic (exact) mass is 572 g/mol. The molecule has 0 saturated carbocycles. The van der Waals surface area contributed by atoms with Crippen LogP contribution < -0.4 is 25.1 Å². The van der Waals surface area contributed by atoms with E-state index in [2.05, 4.69) is 17.1 Å². The molecule has 1 fully saturated rings. The van der Waals surface area contributed by atoms with E-state index >= 15 is 0 Å². The second-order valence-electron chi connectivity index (χ2n) is 10.3. The minimum atomic E-state index is -0.665. The van der Waals surface area contributed by atoms with E-state index in [0.29, 0.717) is 37.1 Å². The van der Waals surface area contributed by atoms with Crippen molar-refractivity contribution in [1.82, 2.24) is 4.57 Å². The maximum Gasteiger partial charge on any atom is 0.271 e. The fraction of sp³-hybridized carbons (Fsp3) is 0.258. The Bertz CT molecular complexity index is 1760. The fourth-order valence-electron chi connectivity index (χ4n) is 5.24. The molecule has 6 rings (SSSR count). The molecule has 7 nitrogen and oxygen atoms in total. The van der Waals surface area contributed by atoms with Crippen LogP contribution in [0.2, 0.25) is 5.02 Å². The van der Waals surface area contributed by atoms with Crippen LogP contribution in [0.3, 0.4) is 0 Å². The smallest absolute Gasteiger partial charge is 0.271 e. The molecule has 0 spiro atoms. The predicted octanol–water partition coefficient (Wildman–Crippen LogP) is 5.36. The number of hydrogen-bond donors (Lipinski definition) is 1. The van der Waals surface area contributed by atoms with E-state index in [0.717, 1.165) is 43.3 Å². The van der Waals surface area contributed by atoms with Gasteiger partial charge in [-0.15, -0.1) is 0 Å². The number of anilines is 2. The highest BCUT2D eigenvalue weighted by Crippen LogP contribution is 2.31. The lowest BCUT2D eigenvalue weighted by Crippen LogP contribution is -2.40. The Balaban J connectivity index is 1.41. The lowest BCUT2D eigenvalue weighted by Gasteiger charge is -2.29. The number of nitrogens with one attached hydrogen (secondary N) is 1. The van der Waals surface area contributed by atoms with Crippen LogP contribution in [0, 0.1) is 5.92 Å². The van der Waals surface area contributed by atoms with Crippen molar-refractivity contribution in [2.45, 2.75) is 32.7 Å². The van der Waals surface area contributed by atoms with E-state index in [-0.39, 0.29) is 11.5 Å². The molecule has 2 aliphatic heterocycles. The number of carbonyl (C=O) groups excluding carboxylic acids is 1. The maximum atomic E-state index is 13.9. The number of thiazole rings is 1. The van der Waals surface area contributed by atoms with Crippen LogP contribution >= 0.6 is 22.9 Å². The maximum absolute atomic E-state index is 13.9. The lowest BCUT2D eigenvalue weighted by molar-refractivity contribution is -0.113. The molecule has 4 aromatic rings. The highest BCUT2D eigenvalue weighted by atomic mass is 35.5. The van der Waals surface area contributed by atoms with Crippen molar-refractivity contribution in [3.63, 3.8) is 0 Å². The van der Waals surface area contributed by atoms with Crippen LogP contribution in [0.5, 0.6) is 0 Å². The van der Waals surface area contributed by atoms with Crippen LogP contribution in [0.4, 0.5) is 11.6 Å². The topological polar surface area (TPSA) is 79.8 Å². The molecule has 0 unspecified atom stereocenters. The van der Waals surface area contributed by atoms with Gasteiger partial charge in [-0.25, -0.2) is 4.99 Å². The second kappa shape index (κ2) is 10.9. The average molecular weight is 573 g/mol. The van der Waals surface area contributed by atoms with Crippen molar-refractivity contribution < 1.29 is 9.21 Å². The molecule has 2 aromatic carbocycles. The molecule has 1 amide bonds. The van der Waals surface area contributed by atoms with Gasteiger partial charge < -0.3 is 14.6 Å². The van der Waals surface area contributed by atoms with Crippen LogP contribution in [-0.2, 0) is 4.79 Å². The Morgan fingerprint density at radius 3 is 2.52 bits per heavy atom. The van der Waals surface area contributed by atoms with E-state index in [1.807, 2.05) is 54.6 Å². The van der Waals surface area contributed by atoms with Crippen LogP contribution in [0.1, 0.15) is 44.1 Å². The van der Waals surface area contributed by atoms with Gasteiger partial charge >= 0.3 is 0 Å². The van der Waals surface area contributed by atoms with Gasteiger partial charge in [-0.3, -0.25) is 14.2 Å². The number of amides is 1. The van der Waals surface area contributed by atoms with Crippen molar-refractivity contribution in [3.8, 4) is 0 Å². The zero-order chi connectivity index (χ0) is 27.8. The number of hydrogen-bond acceptors (Lipinski definition) is 6. The molecule has 0 bridgehead atoms. The van der Waals surface area contributed by atoms with Gasteiger partial charge in [0.05, 0.1) is 21.8 Å². The molecule has 1 atom stereocenters. The summed E-state index contributed by atoms with van der Waals surface area (Å²) in [7, 11) is 0.